The topological polar surface area (TPSA) is 87.2 Å². The molecule has 0 radical (unpaired) electrons. The number of hydrogen-bond acceptors (Lipinski definition) is 4. The Morgan fingerprint density at radius 1 is 1.22 bits per heavy atom. The summed E-state index contributed by atoms with van der Waals surface area (Å²) in [7, 11) is 0. The Kier molecular flexibility index (Phi) is 3.98. The van der Waals surface area contributed by atoms with E-state index in [1.165, 1.54) is 0 Å². The zero-order valence-corrected chi connectivity index (χ0v) is 13.5. The summed E-state index contributed by atoms with van der Waals surface area (Å²) in [5.41, 5.74) is -0.652. The van der Waals surface area contributed by atoms with Gasteiger partial charge >= 0.3 is 12.1 Å². The molecule has 0 aromatic heterocycles. The van der Waals surface area contributed by atoms with Gasteiger partial charge in [0.2, 0.25) is 5.91 Å². The van der Waals surface area contributed by atoms with Crippen LogP contribution in [0.4, 0.5) is 4.79 Å². The summed E-state index contributed by atoms with van der Waals surface area (Å²) >= 11 is 0. The van der Waals surface area contributed by atoms with Crippen LogP contribution in [-0.4, -0.2) is 64.7 Å². The predicted octanol–water partition coefficient (Wildman–Crippen LogP) is 1.46. The van der Waals surface area contributed by atoms with Gasteiger partial charge in [-0.1, -0.05) is 6.92 Å². The van der Waals surface area contributed by atoms with Crippen molar-refractivity contribution in [2.75, 3.05) is 26.2 Å². The molecular formula is C16H24N2O5. The van der Waals surface area contributed by atoms with Crippen LogP contribution >= 0.6 is 0 Å². The van der Waals surface area contributed by atoms with Crippen molar-refractivity contribution < 1.29 is 24.2 Å². The second kappa shape index (κ2) is 5.69. The van der Waals surface area contributed by atoms with Crippen molar-refractivity contribution in [3.05, 3.63) is 0 Å². The summed E-state index contributed by atoms with van der Waals surface area (Å²) in [6, 6.07) is 0. The van der Waals surface area contributed by atoms with Gasteiger partial charge in [-0.15, -0.1) is 0 Å². The number of carboxylic acids is 1. The molecule has 23 heavy (non-hydrogen) atoms. The number of carboxylic acid groups (broad SMARTS) is 1. The minimum atomic E-state index is -0.854. The molecule has 1 N–H and O–H groups in total. The van der Waals surface area contributed by atoms with Crippen LogP contribution in [0.5, 0.6) is 0 Å². The van der Waals surface area contributed by atoms with Gasteiger partial charge < -0.3 is 19.6 Å². The van der Waals surface area contributed by atoms with Crippen molar-refractivity contribution >= 4 is 18.0 Å². The number of hydrogen-bond donors (Lipinski definition) is 1. The average molecular weight is 324 g/mol. The summed E-state index contributed by atoms with van der Waals surface area (Å²) in [4.78, 5) is 38.4. The third-order valence-electron chi connectivity index (χ3n) is 5.34. The van der Waals surface area contributed by atoms with Crippen molar-refractivity contribution in [1.82, 2.24) is 9.80 Å². The lowest BCUT2D eigenvalue weighted by molar-refractivity contribution is -0.140. The molecule has 0 atom stereocenters. The number of ether oxygens (including phenoxy) is 1. The van der Waals surface area contributed by atoms with Gasteiger partial charge in [-0.2, -0.15) is 0 Å². The van der Waals surface area contributed by atoms with E-state index in [0.29, 0.717) is 45.4 Å². The molecule has 2 amide bonds. The van der Waals surface area contributed by atoms with E-state index in [1.807, 2.05) is 11.8 Å². The smallest absolute Gasteiger partial charge is 0.410 e. The van der Waals surface area contributed by atoms with Gasteiger partial charge in [0.25, 0.3) is 0 Å². The minimum absolute atomic E-state index is 0.0532. The third-order valence-corrected chi connectivity index (χ3v) is 5.34. The molecule has 0 bridgehead atoms. The van der Waals surface area contributed by atoms with Crippen LogP contribution in [-0.2, 0) is 14.3 Å². The van der Waals surface area contributed by atoms with Crippen LogP contribution in [0, 0.1) is 5.41 Å². The number of piperidine rings is 1. The fraction of sp³-hybridized carbons (Fsp3) is 0.812. The fourth-order valence-electron chi connectivity index (χ4n) is 3.45. The standard InChI is InChI=1S/C16H24N2O5/c1-15(4-5-15)13(21)17-9-6-16(7-10-17)11-18(14(22)23-16)8-2-3-12(19)20/h2-11H2,1H3,(H,19,20). The maximum Gasteiger partial charge on any atom is 0.410 e. The van der Waals surface area contributed by atoms with Gasteiger partial charge in [0.1, 0.15) is 5.60 Å². The molecule has 0 aromatic carbocycles. The van der Waals surface area contributed by atoms with Crippen molar-refractivity contribution in [2.24, 2.45) is 5.41 Å². The highest BCUT2D eigenvalue weighted by Gasteiger charge is 2.51. The first-order valence-corrected chi connectivity index (χ1v) is 8.33. The molecule has 7 nitrogen and oxygen atoms in total. The largest absolute Gasteiger partial charge is 0.481 e. The van der Waals surface area contributed by atoms with Crippen LogP contribution in [0.15, 0.2) is 0 Å². The second-order valence-corrected chi connectivity index (χ2v) is 7.32. The Bertz CT molecular complexity index is 521. The van der Waals surface area contributed by atoms with Crippen molar-refractivity contribution in [1.29, 1.82) is 0 Å². The molecule has 2 aliphatic heterocycles. The third kappa shape index (κ3) is 3.28. The molecule has 3 fully saturated rings. The number of carbonyl (C=O) groups excluding carboxylic acids is 2. The van der Waals surface area contributed by atoms with E-state index in [-0.39, 0.29) is 23.8 Å². The number of aliphatic carboxylic acids is 1. The summed E-state index contributed by atoms with van der Waals surface area (Å²) < 4.78 is 5.59. The lowest BCUT2D eigenvalue weighted by Gasteiger charge is -2.38. The van der Waals surface area contributed by atoms with Crippen LogP contribution < -0.4 is 0 Å². The molecule has 128 valence electrons. The van der Waals surface area contributed by atoms with E-state index in [2.05, 4.69) is 0 Å². The SMILES string of the molecule is CC1(C(=O)N2CCC3(CC2)CN(CCCC(=O)O)C(=O)O3)CC1. The Labute approximate surface area is 135 Å². The van der Waals surface area contributed by atoms with Gasteiger partial charge in [-0.25, -0.2) is 4.79 Å². The summed E-state index contributed by atoms with van der Waals surface area (Å²) in [5, 5.41) is 8.68. The number of nitrogens with zero attached hydrogens (tertiary/aromatic N) is 2. The first-order valence-electron chi connectivity index (χ1n) is 8.33. The Balaban J connectivity index is 1.51. The molecule has 3 aliphatic rings. The highest BCUT2D eigenvalue weighted by Crippen LogP contribution is 2.47. The number of amides is 2. The van der Waals surface area contributed by atoms with E-state index in [0.717, 1.165) is 12.8 Å². The molecule has 2 heterocycles. The number of carbonyl (C=O) groups is 3. The van der Waals surface area contributed by atoms with Crippen LogP contribution in [0.2, 0.25) is 0 Å². The van der Waals surface area contributed by atoms with Gasteiger partial charge in [0.05, 0.1) is 6.54 Å². The predicted molar refractivity (Wildman–Crippen MR) is 80.8 cm³/mol. The van der Waals surface area contributed by atoms with E-state index in [4.69, 9.17) is 9.84 Å². The van der Waals surface area contributed by atoms with Gasteiger partial charge in [0, 0.05) is 44.3 Å². The molecule has 1 saturated carbocycles. The van der Waals surface area contributed by atoms with E-state index in [1.54, 1.807) is 4.90 Å². The van der Waals surface area contributed by atoms with Gasteiger partial charge in [0.15, 0.2) is 0 Å². The highest BCUT2D eigenvalue weighted by molar-refractivity contribution is 5.85. The zero-order chi connectivity index (χ0) is 16.7. The molecule has 7 heteroatoms. The van der Waals surface area contributed by atoms with Crippen molar-refractivity contribution in [3.8, 4) is 0 Å². The lowest BCUT2D eigenvalue weighted by atomic mass is 9.90. The Morgan fingerprint density at radius 2 is 1.87 bits per heavy atom. The molecular weight excluding hydrogens is 300 g/mol. The zero-order valence-electron chi connectivity index (χ0n) is 13.5. The Morgan fingerprint density at radius 3 is 2.43 bits per heavy atom. The molecule has 0 aromatic rings. The number of rotatable bonds is 5. The normalized spacial score (nSPS) is 24.7. The quantitative estimate of drug-likeness (QED) is 0.827. The Hall–Kier alpha value is -1.79. The minimum Gasteiger partial charge on any atom is -0.481 e. The van der Waals surface area contributed by atoms with Crippen LogP contribution in [0.1, 0.15) is 45.4 Å². The van der Waals surface area contributed by atoms with Crippen LogP contribution in [0.3, 0.4) is 0 Å². The van der Waals surface area contributed by atoms with Crippen LogP contribution in [0.25, 0.3) is 0 Å². The van der Waals surface area contributed by atoms with E-state index >= 15 is 0 Å². The van der Waals surface area contributed by atoms with Crippen molar-refractivity contribution in [3.63, 3.8) is 0 Å². The monoisotopic (exact) mass is 324 g/mol. The summed E-state index contributed by atoms with van der Waals surface area (Å²) in [6.07, 6.45) is 3.40. The lowest BCUT2D eigenvalue weighted by Crippen LogP contribution is -2.50. The van der Waals surface area contributed by atoms with Gasteiger partial charge in [-0.3, -0.25) is 9.59 Å². The second-order valence-electron chi connectivity index (χ2n) is 7.32. The average Bonchev–Trinajstić information content (AvgIpc) is 3.18. The molecule has 1 aliphatic carbocycles. The highest BCUT2D eigenvalue weighted by atomic mass is 16.6. The number of likely N-dealkylation sites (tertiary alicyclic amines) is 1. The molecule has 3 rings (SSSR count). The summed E-state index contributed by atoms with van der Waals surface area (Å²) in [6.45, 7) is 4.19. The molecule has 0 unspecified atom stereocenters. The first kappa shape index (κ1) is 16.1. The maximum absolute atomic E-state index is 12.4. The fourth-order valence-corrected chi connectivity index (χ4v) is 3.45. The van der Waals surface area contributed by atoms with Crippen molar-refractivity contribution in [2.45, 2.75) is 51.0 Å². The molecule has 1 spiro atoms. The van der Waals surface area contributed by atoms with Gasteiger partial charge in [-0.05, 0) is 19.3 Å². The molecule has 2 saturated heterocycles. The van der Waals surface area contributed by atoms with E-state index < -0.39 is 11.6 Å². The van der Waals surface area contributed by atoms with E-state index in [9.17, 15) is 14.4 Å². The summed E-state index contributed by atoms with van der Waals surface area (Å²) in [5.74, 6) is -0.623. The first-order chi connectivity index (χ1) is 10.8. The maximum atomic E-state index is 12.4.